The van der Waals surface area contributed by atoms with Crippen molar-refractivity contribution in [3.05, 3.63) is 30.1 Å². The molecule has 2 rings (SSSR count). The van der Waals surface area contributed by atoms with E-state index in [1.807, 2.05) is 18.9 Å². The monoisotopic (exact) mass is 451 g/mol. The summed E-state index contributed by atoms with van der Waals surface area (Å²) in [5.74, 6) is 1.27. The van der Waals surface area contributed by atoms with Gasteiger partial charge in [0, 0.05) is 19.0 Å². The quantitative estimate of drug-likeness (QED) is 0.394. The molecular formula is C17H27FIN3O2. The summed E-state index contributed by atoms with van der Waals surface area (Å²) in [4.78, 5) is 6.73. The van der Waals surface area contributed by atoms with Crippen LogP contribution >= 0.6 is 24.0 Å². The molecule has 0 bridgehead atoms. The highest BCUT2D eigenvalue weighted by molar-refractivity contribution is 14.0. The highest BCUT2D eigenvalue weighted by Crippen LogP contribution is 2.26. The van der Waals surface area contributed by atoms with E-state index >= 15 is 0 Å². The van der Waals surface area contributed by atoms with Crippen molar-refractivity contribution in [1.82, 2.24) is 10.2 Å². The summed E-state index contributed by atoms with van der Waals surface area (Å²) in [7, 11) is 1.98. The number of rotatable bonds is 7. The number of ether oxygens (including phenoxy) is 2. The summed E-state index contributed by atoms with van der Waals surface area (Å²) in [6.07, 6.45) is 0. The molecule has 136 valence electrons. The Bertz CT molecular complexity index is 521. The highest BCUT2D eigenvalue weighted by atomic mass is 127. The minimum atomic E-state index is -0.260. The van der Waals surface area contributed by atoms with Crippen LogP contribution in [0.5, 0.6) is 5.75 Å². The summed E-state index contributed by atoms with van der Waals surface area (Å²) >= 11 is 0. The first-order chi connectivity index (χ1) is 11.0. The van der Waals surface area contributed by atoms with Crippen molar-refractivity contribution >= 4 is 29.9 Å². The van der Waals surface area contributed by atoms with Gasteiger partial charge in [0.05, 0.1) is 26.3 Å². The van der Waals surface area contributed by atoms with Gasteiger partial charge in [-0.25, -0.2) is 4.39 Å². The number of guanidine groups is 1. The maximum atomic E-state index is 12.8. The van der Waals surface area contributed by atoms with E-state index in [4.69, 9.17) is 14.5 Å². The van der Waals surface area contributed by atoms with Crippen molar-refractivity contribution in [2.45, 2.75) is 13.8 Å². The Hall–Kier alpha value is -1.09. The van der Waals surface area contributed by atoms with E-state index in [1.165, 1.54) is 12.1 Å². The van der Waals surface area contributed by atoms with Gasteiger partial charge < -0.3 is 19.7 Å². The van der Waals surface area contributed by atoms with Crippen molar-refractivity contribution in [2.75, 3.05) is 46.5 Å². The first-order valence-electron chi connectivity index (χ1n) is 7.98. The van der Waals surface area contributed by atoms with Crippen LogP contribution in [0.4, 0.5) is 4.39 Å². The summed E-state index contributed by atoms with van der Waals surface area (Å²) in [5, 5.41) is 3.29. The van der Waals surface area contributed by atoms with E-state index in [9.17, 15) is 4.39 Å². The molecule has 0 atom stereocenters. The molecule has 0 unspecified atom stereocenters. The third-order valence-electron chi connectivity index (χ3n) is 3.72. The predicted molar refractivity (Wildman–Crippen MR) is 105 cm³/mol. The van der Waals surface area contributed by atoms with Crippen LogP contribution in [0.3, 0.4) is 0 Å². The molecule has 0 saturated carbocycles. The number of nitrogens with one attached hydrogen (secondary N) is 1. The maximum absolute atomic E-state index is 12.8. The number of nitrogens with zero attached hydrogens (tertiary/aromatic N) is 2. The van der Waals surface area contributed by atoms with E-state index in [1.54, 1.807) is 12.1 Å². The molecule has 1 heterocycles. The second-order valence-corrected chi connectivity index (χ2v) is 6.20. The molecule has 0 aromatic heterocycles. The van der Waals surface area contributed by atoms with Crippen molar-refractivity contribution in [2.24, 2.45) is 10.4 Å². The molecule has 1 fully saturated rings. The average Bonchev–Trinajstić information content (AvgIpc) is 2.51. The molecule has 1 N–H and O–H groups in total. The van der Waals surface area contributed by atoms with Crippen LogP contribution in [0, 0.1) is 11.2 Å². The van der Waals surface area contributed by atoms with Crippen molar-refractivity contribution in [3.63, 3.8) is 0 Å². The first-order valence-corrected chi connectivity index (χ1v) is 7.98. The van der Waals surface area contributed by atoms with Crippen LogP contribution < -0.4 is 10.1 Å². The van der Waals surface area contributed by atoms with E-state index < -0.39 is 0 Å². The van der Waals surface area contributed by atoms with Crippen molar-refractivity contribution in [1.29, 1.82) is 0 Å². The van der Waals surface area contributed by atoms with Gasteiger partial charge in [0.2, 0.25) is 0 Å². The second-order valence-electron chi connectivity index (χ2n) is 6.20. The fourth-order valence-corrected chi connectivity index (χ4v) is 2.21. The van der Waals surface area contributed by atoms with Gasteiger partial charge in [0.1, 0.15) is 18.2 Å². The van der Waals surface area contributed by atoms with Gasteiger partial charge in [-0.15, -0.1) is 24.0 Å². The van der Waals surface area contributed by atoms with Crippen LogP contribution in [-0.2, 0) is 4.74 Å². The Morgan fingerprint density at radius 1 is 1.38 bits per heavy atom. The molecule has 1 aliphatic rings. The Morgan fingerprint density at radius 2 is 2.04 bits per heavy atom. The van der Waals surface area contributed by atoms with E-state index in [0.717, 1.165) is 32.3 Å². The van der Waals surface area contributed by atoms with Crippen molar-refractivity contribution < 1.29 is 13.9 Å². The lowest BCUT2D eigenvalue weighted by molar-refractivity contribution is -0.0945. The highest BCUT2D eigenvalue weighted by Gasteiger charge is 2.33. The summed E-state index contributed by atoms with van der Waals surface area (Å²) in [6, 6.07) is 6.05. The van der Waals surface area contributed by atoms with E-state index in [-0.39, 0.29) is 35.2 Å². The zero-order chi connectivity index (χ0) is 16.7. The van der Waals surface area contributed by atoms with E-state index in [2.05, 4.69) is 12.2 Å². The van der Waals surface area contributed by atoms with Gasteiger partial charge >= 0.3 is 0 Å². The lowest BCUT2D eigenvalue weighted by atomic mass is 9.89. The zero-order valence-corrected chi connectivity index (χ0v) is 16.9. The van der Waals surface area contributed by atoms with Gasteiger partial charge in [-0.3, -0.25) is 4.99 Å². The fourth-order valence-electron chi connectivity index (χ4n) is 2.21. The van der Waals surface area contributed by atoms with Crippen molar-refractivity contribution in [3.8, 4) is 5.75 Å². The number of halogens is 2. The Morgan fingerprint density at radius 3 is 2.58 bits per heavy atom. The first kappa shape index (κ1) is 21.0. The molecule has 0 spiro atoms. The minimum Gasteiger partial charge on any atom is -0.492 e. The van der Waals surface area contributed by atoms with Gasteiger partial charge in [0.25, 0.3) is 0 Å². The number of hydrogen-bond donors (Lipinski definition) is 1. The largest absolute Gasteiger partial charge is 0.492 e. The number of hydrogen-bond acceptors (Lipinski definition) is 3. The smallest absolute Gasteiger partial charge is 0.193 e. The second kappa shape index (κ2) is 10.0. The molecule has 0 amide bonds. The Balaban J connectivity index is 0.00000288. The van der Waals surface area contributed by atoms with Gasteiger partial charge in [-0.05, 0) is 31.2 Å². The minimum absolute atomic E-state index is 0. The molecule has 1 aromatic rings. The van der Waals surface area contributed by atoms with E-state index in [0.29, 0.717) is 18.9 Å². The number of aliphatic imine (C=N–C) groups is 1. The number of benzene rings is 1. The summed E-state index contributed by atoms with van der Waals surface area (Å²) in [6.45, 7) is 8.53. The zero-order valence-electron chi connectivity index (χ0n) is 14.5. The molecule has 0 aliphatic carbocycles. The molecule has 7 heteroatoms. The topological polar surface area (TPSA) is 46.1 Å². The van der Waals surface area contributed by atoms with Gasteiger partial charge in [-0.2, -0.15) is 0 Å². The summed E-state index contributed by atoms with van der Waals surface area (Å²) < 4.78 is 23.7. The van der Waals surface area contributed by atoms with Gasteiger partial charge in [0.15, 0.2) is 5.96 Å². The molecule has 24 heavy (non-hydrogen) atoms. The lowest BCUT2D eigenvalue weighted by Gasteiger charge is -2.37. The van der Waals surface area contributed by atoms with Crippen LogP contribution in [0.2, 0.25) is 0 Å². The standard InChI is InChI=1S/C17H26FN3O2.HI/c1-4-19-16(20-11-17(2)12-22-13-17)21(3)9-10-23-15-7-5-14(18)6-8-15;/h5-8H,4,9-13H2,1-3H3,(H,19,20);1H. The third-order valence-corrected chi connectivity index (χ3v) is 3.72. The number of likely N-dealkylation sites (N-methyl/N-ethyl adjacent to an activating group) is 1. The van der Waals surface area contributed by atoms with Gasteiger partial charge in [-0.1, -0.05) is 6.92 Å². The maximum Gasteiger partial charge on any atom is 0.193 e. The van der Waals surface area contributed by atoms with Crippen LogP contribution in [0.25, 0.3) is 0 Å². The van der Waals surface area contributed by atoms with Crippen LogP contribution in [0.15, 0.2) is 29.3 Å². The third kappa shape index (κ3) is 6.43. The molecule has 0 radical (unpaired) electrons. The molecule has 1 aliphatic heterocycles. The Labute approximate surface area is 160 Å². The predicted octanol–water partition coefficient (Wildman–Crippen LogP) is 2.76. The molecule has 1 aromatic carbocycles. The van der Waals surface area contributed by atoms with Crippen LogP contribution in [-0.4, -0.2) is 57.4 Å². The Kier molecular flexibility index (Phi) is 8.75. The molecule has 5 nitrogen and oxygen atoms in total. The van der Waals surface area contributed by atoms with Crippen LogP contribution in [0.1, 0.15) is 13.8 Å². The molecular weight excluding hydrogens is 424 g/mol. The molecule has 1 saturated heterocycles. The normalized spacial score (nSPS) is 15.9. The average molecular weight is 451 g/mol. The lowest BCUT2D eigenvalue weighted by Crippen LogP contribution is -2.45. The summed E-state index contributed by atoms with van der Waals surface area (Å²) in [5.41, 5.74) is 0.159. The SMILES string of the molecule is CCNC(=NCC1(C)COC1)N(C)CCOc1ccc(F)cc1.I. The fraction of sp³-hybridized carbons (Fsp3) is 0.588.